The molecule has 8 heteroatoms. The van der Waals surface area contributed by atoms with Crippen molar-refractivity contribution < 1.29 is 27.8 Å². The number of phenols is 1. The third-order valence-electron chi connectivity index (χ3n) is 9.05. The van der Waals surface area contributed by atoms with Gasteiger partial charge in [0, 0.05) is 18.5 Å². The van der Waals surface area contributed by atoms with Crippen molar-refractivity contribution in [3.8, 4) is 22.6 Å². The van der Waals surface area contributed by atoms with Crippen molar-refractivity contribution in [2.24, 2.45) is 17.8 Å². The first-order chi connectivity index (χ1) is 19.6. The Kier molecular flexibility index (Phi) is 7.34. The zero-order valence-corrected chi connectivity index (χ0v) is 22.8. The molecule has 0 aliphatic heterocycles. The van der Waals surface area contributed by atoms with Gasteiger partial charge in [0.1, 0.15) is 17.6 Å². The lowest BCUT2D eigenvalue weighted by molar-refractivity contribution is -0.137. The molecule has 4 fully saturated rings. The molecule has 4 saturated carbocycles. The zero-order chi connectivity index (χ0) is 28.6. The van der Waals surface area contributed by atoms with Crippen LogP contribution in [0.2, 0.25) is 0 Å². The predicted octanol–water partition coefficient (Wildman–Crippen LogP) is 7.86. The summed E-state index contributed by atoms with van der Waals surface area (Å²) >= 11 is 0. The monoisotopic (exact) mass is 564 g/mol. The fourth-order valence-electron chi connectivity index (χ4n) is 7.59. The van der Waals surface area contributed by atoms with E-state index in [1.54, 1.807) is 12.1 Å². The first-order valence-corrected chi connectivity index (χ1v) is 14.4. The number of nitrogens with one attached hydrogen (secondary N) is 2. The van der Waals surface area contributed by atoms with Gasteiger partial charge in [0.25, 0.3) is 0 Å². The van der Waals surface area contributed by atoms with Crippen molar-refractivity contribution in [2.45, 2.75) is 62.8 Å². The number of carbonyl (C=O) groups excluding carboxylic acids is 1. The van der Waals surface area contributed by atoms with Crippen LogP contribution in [0.15, 0.2) is 72.8 Å². The van der Waals surface area contributed by atoms with E-state index in [1.807, 2.05) is 36.4 Å². The van der Waals surface area contributed by atoms with Gasteiger partial charge in [-0.3, -0.25) is 0 Å². The summed E-state index contributed by atoms with van der Waals surface area (Å²) in [6.07, 6.45) is 2.48. The Bertz CT molecular complexity index is 1320. The van der Waals surface area contributed by atoms with Crippen molar-refractivity contribution in [2.75, 3.05) is 6.54 Å². The molecule has 0 spiro atoms. The number of phenolic OH excluding ortho intramolecular Hbond substituents is 1. The third-order valence-corrected chi connectivity index (χ3v) is 9.05. The van der Waals surface area contributed by atoms with Crippen LogP contribution in [0.3, 0.4) is 0 Å². The van der Waals surface area contributed by atoms with Crippen molar-refractivity contribution in [3.63, 3.8) is 0 Å². The van der Waals surface area contributed by atoms with Gasteiger partial charge in [0.15, 0.2) is 0 Å². The molecule has 3 N–H and O–H groups in total. The van der Waals surface area contributed by atoms with Gasteiger partial charge in [-0.05, 0) is 109 Å². The Balaban J connectivity index is 1.11. The molecule has 4 bridgehead atoms. The van der Waals surface area contributed by atoms with Gasteiger partial charge >= 0.3 is 12.2 Å². The second kappa shape index (κ2) is 11.0. The molecule has 1 atom stereocenters. The molecule has 41 heavy (non-hydrogen) atoms. The summed E-state index contributed by atoms with van der Waals surface area (Å²) < 4.78 is 45.8. The van der Waals surface area contributed by atoms with Gasteiger partial charge in [-0.2, -0.15) is 13.2 Å². The maximum absolute atomic E-state index is 13.2. The molecule has 3 aromatic rings. The van der Waals surface area contributed by atoms with Gasteiger partial charge < -0.3 is 20.5 Å². The molecule has 2 amide bonds. The van der Waals surface area contributed by atoms with E-state index in [-0.39, 0.29) is 17.3 Å². The average molecular weight is 565 g/mol. The lowest BCUT2D eigenvalue weighted by atomic mass is 9.53. The first-order valence-electron chi connectivity index (χ1n) is 14.4. The number of rotatable bonds is 8. The van der Waals surface area contributed by atoms with Crippen LogP contribution < -0.4 is 15.4 Å². The largest absolute Gasteiger partial charge is 0.508 e. The van der Waals surface area contributed by atoms with Crippen LogP contribution in [0.5, 0.6) is 11.5 Å². The number of amides is 2. The van der Waals surface area contributed by atoms with Crippen LogP contribution in [-0.4, -0.2) is 23.2 Å². The minimum atomic E-state index is -4.42. The van der Waals surface area contributed by atoms with E-state index in [2.05, 4.69) is 10.6 Å². The molecule has 0 radical (unpaired) electrons. The normalized spacial score (nSPS) is 25.5. The van der Waals surface area contributed by atoms with Gasteiger partial charge in [-0.15, -0.1) is 0 Å². The Morgan fingerprint density at radius 3 is 1.93 bits per heavy atom. The summed E-state index contributed by atoms with van der Waals surface area (Å²) in [6.45, 7) is 0.315. The topological polar surface area (TPSA) is 70.6 Å². The number of halogens is 3. The number of urea groups is 1. The number of aromatic hydroxyl groups is 1. The van der Waals surface area contributed by atoms with E-state index >= 15 is 0 Å². The Morgan fingerprint density at radius 1 is 0.854 bits per heavy atom. The summed E-state index contributed by atoms with van der Waals surface area (Å²) in [7, 11) is 0. The molecular weight excluding hydrogens is 529 g/mol. The highest BCUT2D eigenvalue weighted by Gasteiger charge is 2.51. The summed E-state index contributed by atoms with van der Waals surface area (Å²) in [6, 6.07) is 19.1. The molecule has 0 saturated heterocycles. The smallest absolute Gasteiger partial charge is 0.416 e. The van der Waals surface area contributed by atoms with Crippen LogP contribution in [0.25, 0.3) is 11.1 Å². The minimum absolute atomic E-state index is 0.0958. The summed E-state index contributed by atoms with van der Waals surface area (Å²) in [5.41, 5.74) is 1.66. The molecular formula is C33H35F3N2O3. The van der Waals surface area contributed by atoms with E-state index in [1.165, 1.54) is 31.4 Å². The molecule has 0 aromatic heterocycles. The van der Waals surface area contributed by atoms with E-state index in [0.717, 1.165) is 60.3 Å². The number of benzene rings is 3. The van der Waals surface area contributed by atoms with Crippen molar-refractivity contribution in [1.82, 2.24) is 10.6 Å². The van der Waals surface area contributed by atoms with Crippen LogP contribution in [0.1, 0.15) is 62.2 Å². The number of hydrogen-bond donors (Lipinski definition) is 3. The molecule has 3 aromatic carbocycles. The minimum Gasteiger partial charge on any atom is -0.508 e. The second-order valence-corrected chi connectivity index (χ2v) is 12.2. The standard InChI is InChI=1S/C33H35F3N2O3/c34-33(35,36)27-7-1-26(2-8-27)30(41-29-11-5-25(6-12-29)24-3-9-28(39)10-4-24)13-14-37-31(40)38-32-18-21-15-22(19-32)17-23(16-21)20-32/h1-12,21-23,30,39H,13-20H2,(H2,37,38,40). The Morgan fingerprint density at radius 2 is 1.39 bits per heavy atom. The molecule has 0 heterocycles. The van der Waals surface area contributed by atoms with Crippen LogP contribution in [0.4, 0.5) is 18.0 Å². The van der Waals surface area contributed by atoms with E-state index in [0.29, 0.717) is 24.3 Å². The van der Waals surface area contributed by atoms with E-state index in [4.69, 9.17) is 4.74 Å². The van der Waals surface area contributed by atoms with Crippen LogP contribution in [-0.2, 0) is 6.18 Å². The number of hydrogen-bond acceptors (Lipinski definition) is 3. The summed E-state index contributed by atoms with van der Waals surface area (Å²) in [4.78, 5) is 12.9. The third kappa shape index (κ3) is 6.31. The molecule has 4 aliphatic carbocycles. The molecule has 216 valence electrons. The van der Waals surface area contributed by atoms with Crippen LogP contribution in [0, 0.1) is 17.8 Å². The van der Waals surface area contributed by atoms with Gasteiger partial charge in [-0.1, -0.05) is 36.4 Å². The van der Waals surface area contributed by atoms with E-state index in [9.17, 15) is 23.1 Å². The highest BCUT2D eigenvalue weighted by atomic mass is 19.4. The quantitative estimate of drug-likeness (QED) is 0.261. The first kappa shape index (κ1) is 27.5. The number of carbonyl (C=O) groups is 1. The van der Waals surface area contributed by atoms with E-state index < -0.39 is 17.8 Å². The van der Waals surface area contributed by atoms with Crippen LogP contribution >= 0.6 is 0 Å². The molecule has 7 rings (SSSR count). The summed E-state index contributed by atoms with van der Waals surface area (Å²) in [5.74, 6) is 2.92. The summed E-state index contributed by atoms with van der Waals surface area (Å²) in [5, 5.41) is 15.8. The second-order valence-electron chi connectivity index (χ2n) is 12.2. The highest BCUT2D eigenvalue weighted by Crippen LogP contribution is 2.55. The molecule has 4 aliphatic rings. The fourth-order valence-corrected chi connectivity index (χ4v) is 7.59. The maximum atomic E-state index is 13.2. The molecule has 1 unspecified atom stereocenters. The maximum Gasteiger partial charge on any atom is 0.416 e. The Hall–Kier alpha value is -3.68. The number of alkyl halides is 3. The van der Waals surface area contributed by atoms with Gasteiger partial charge in [-0.25, -0.2) is 4.79 Å². The lowest BCUT2D eigenvalue weighted by Gasteiger charge is -2.56. The predicted molar refractivity (Wildman–Crippen MR) is 150 cm³/mol. The fraction of sp³-hybridized carbons (Fsp3) is 0.424. The van der Waals surface area contributed by atoms with Crippen molar-refractivity contribution in [3.05, 3.63) is 83.9 Å². The zero-order valence-electron chi connectivity index (χ0n) is 22.8. The van der Waals surface area contributed by atoms with Crippen molar-refractivity contribution >= 4 is 6.03 Å². The lowest BCUT2D eigenvalue weighted by Crippen LogP contribution is -2.61. The number of ether oxygens (including phenoxy) is 1. The SMILES string of the molecule is O=C(NCCC(Oc1ccc(-c2ccc(O)cc2)cc1)c1ccc(C(F)(F)F)cc1)NC12CC3CC(CC(C3)C1)C2. The van der Waals surface area contributed by atoms with Gasteiger partial charge in [0.2, 0.25) is 0 Å². The Labute approximate surface area is 238 Å². The average Bonchev–Trinajstić information content (AvgIpc) is 2.92. The van der Waals surface area contributed by atoms with Gasteiger partial charge in [0.05, 0.1) is 5.56 Å². The van der Waals surface area contributed by atoms with Crippen molar-refractivity contribution in [1.29, 1.82) is 0 Å². The highest BCUT2D eigenvalue weighted by molar-refractivity contribution is 5.75. The molecule has 5 nitrogen and oxygen atoms in total.